The highest BCUT2D eigenvalue weighted by molar-refractivity contribution is 5.90. The van der Waals surface area contributed by atoms with Crippen LogP contribution in [0.25, 0.3) is 0 Å². The first kappa shape index (κ1) is 22.0. The van der Waals surface area contributed by atoms with E-state index in [4.69, 9.17) is 4.74 Å². The third-order valence-electron chi connectivity index (χ3n) is 5.81. The van der Waals surface area contributed by atoms with Gasteiger partial charge < -0.3 is 20.3 Å². The van der Waals surface area contributed by atoms with Crippen molar-refractivity contribution in [1.29, 1.82) is 0 Å². The van der Waals surface area contributed by atoms with Crippen molar-refractivity contribution in [1.82, 2.24) is 19.5 Å². The van der Waals surface area contributed by atoms with E-state index in [2.05, 4.69) is 30.5 Å². The lowest BCUT2D eigenvalue weighted by molar-refractivity contribution is -0.116. The van der Waals surface area contributed by atoms with Crippen molar-refractivity contribution in [2.75, 3.05) is 41.8 Å². The van der Waals surface area contributed by atoms with Gasteiger partial charge in [0.05, 0.1) is 25.2 Å². The topological polar surface area (TPSA) is 114 Å². The van der Waals surface area contributed by atoms with Crippen LogP contribution in [0, 0.1) is 6.92 Å². The zero-order valence-electron chi connectivity index (χ0n) is 19.0. The van der Waals surface area contributed by atoms with E-state index in [9.17, 15) is 9.59 Å². The normalized spacial score (nSPS) is 15.7. The minimum absolute atomic E-state index is 0.0820. The molecule has 0 atom stereocenters. The smallest absolute Gasteiger partial charge is 0.254 e. The average molecular weight is 462 g/mol. The van der Waals surface area contributed by atoms with Crippen LogP contribution in [0.2, 0.25) is 0 Å². The van der Waals surface area contributed by atoms with Gasteiger partial charge in [-0.05, 0) is 44.0 Å². The first-order chi connectivity index (χ1) is 16.5. The Morgan fingerprint density at radius 3 is 2.53 bits per heavy atom. The second-order valence-electron chi connectivity index (χ2n) is 8.56. The molecule has 0 spiro atoms. The van der Waals surface area contributed by atoms with Crippen molar-refractivity contribution in [2.45, 2.75) is 32.2 Å². The molecule has 0 radical (unpaired) electrons. The number of anilines is 4. The molecule has 10 heteroatoms. The van der Waals surface area contributed by atoms with Crippen LogP contribution in [-0.2, 0) is 16.1 Å². The number of hydrogen-bond acceptors (Lipinski definition) is 8. The van der Waals surface area contributed by atoms with Gasteiger partial charge in [-0.15, -0.1) is 0 Å². The quantitative estimate of drug-likeness (QED) is 0.552. The van der Waals surface area contributed by atoms with Crippen molar-refractivity contribution in [3.63, 3.8) is 0 Å². The average Bonchev–Trinajstić information content (AvgIpc) is 3.67. The number of nitrogens with zero attached hydrogens (tertiary/aromatic N) is 5. The van der Waals surface area contributed by atoms with Gasteiger partial charge in [0, 0.05) is 42.5 Å². The summed E-state index contributed by atoms with van der Waals surface area (Å²) in [7, 11) is 0. The fraction of sp³-hybridized carbons (Fsp3) is 0.375. The first-order valence-electron chi connectivity index (χ1n) is 11.5. The van der Waals surface area contributed by atoms with E-state index >= 15 is 0 Å². The Morgan fingerprint density at radius 1 is 1.09 bits per heavy atom. The van der Waals surface area contributed by atoms with E-state index in [0.29, 0.717) is 36.5 Å². The lowest BCUT2D eigenvalue weighted by Gasteiger charge is -2.28. The molecule has 0 unspecified atom stereocenters. The molecule has 3 aromatic rings. The van der Waals surface area contributed by atoms with Gasteiger partial charge in [-0.3, -0.25) is 14.2 Å². The zero-order valence-corrected chi connectivity index (χ0v) is 19.0. The summed E-state index contributed by atoms with van der Waals surface area (Å²) in [6, 6.07) is 10.8. The summed E-state index contributed by atoms with van der Waals surface area (Å²) in [4.78, 5) is 40.2. The van der Waals surface area contributed by atoms with Gasteiger partial charge in [-0.25, -0.2) is 15.0 Å². The Labute approximate surface area is 197 Å². The Kier molecular flexibility index (Phi) is 6.22. The van der Waals surface area contributed by atoms with Gasteiger partial charge in [0.25, 0.3) is 5.56 Å². The van der Waals surface area contributed by atoms with Gasteiger partial charge >= 0.3 is 0 Å². The second kappa shape index (κ2) is 9.60. The van der Waals surface area contributed by atoms with E-state index in [1.54, 1.807) is 12.1 Å². The molecule has 2 fully saturated rings. The molecule has 1 aliphatic carbocycles. The van der Waals surface area contributed by atoms with E-state index in [1.165, 1.54) is 17.0 Å². The summed E-state index contributed by atoms with van der Waals surface area (Å²) >= 11 is 0. The third-order valence-corrected chi connectivity index (χ3v) is 5.81. The summed E-state index contributed by atoms with van der Waals surface area (Å²) in [5.74, 6) is 2.38. The summed E-state index contributed by atoms with van der Waals surface area (Å²) < 4.78 is 6.74. The predicted octanol–water partition coefficient (Wildman–Crippen LogP) is 2.44. The maximum Gasteiger partial charge on any atom is 0.254 e. The van der Waals surface area contributed by atoms with E-state index in [-0.39, 0.29) is 18.0 Å². The van der Waals surface area contributed by atoms with Crippen molar-refractivity contribution in [2.24, 2.45) is 0 Å². The molecule has 1 amide bonds. The van der Waals surface area contributed by atoms with Gasteiger partial charge in [0.2, 0.25) is 5.91 Å². The number of amides is 1. The standard InChI is InChI=1S/C24H27N7O3/c1-16-26-21(13-22(27-16)30-8-10-34-11-9-30)28-18-4-6-19(7-5-18)29-23(32)14-31-15-25-20(12-24(31)33)17-2-3-17/h4-7,12-13,15,17H,2-3,8-11,14H2,1H3,(H,29,32)(H,26,27,28). The lowest BCUT2D eigenvalue weighted by atomic mass is 10.2. The molecule has 2 N–H and O–H groups in total. The number of nitrogens with one attached hydrogen (secondary N) is 2. The SMILES string of the molecule is Cc1nc(Nc2ccc(NC(=O)Cn3cnc(C4CC4)cc3=O)cc2)cc(N2CCOCC2)n1. The fourth-order valence-electron chi connectivity index (χ4n) is 3.87. The number of hydrogen-bond donors (Lipinski definition) is 2. The number of rotatable bonds is 7. The molecule has 3 heterocycles. The molecule has 2 aromatic heterocycles. The van der Waals surface area contributed by atoms with Gasteiger partial charge in [0.15, 0.2) is 0 Å². The Balaban J connectivity index is 1.20. The van der Waals surface area contributed by atoms with Gasteiger partial charge in [0.1, 0.15) is 24.0 Å². The van der Waals surface area contributed by atoms with Crippen LogP contribution in [0.15, 0.2) is 47.5 Å². The molecule has 2 aliphatic rings. The number of carbonyl (C=O) groups is 1. The number of aromatic nitrogens is 4. The Bertz CT molecular complexity index is 1230. The highest BCUT2D eigenvalue weighted by Gasteiger charge is 2.25. The van der Waals surface area contributed by atoms with Crippen molar-refractivity contribution < 1.29 is 9.53 Å². The number of benzene rings is 1. The lowest BCUT2D eigenvalue weighted by Crippen LogP contribution is -2.36. The molecule has 1 saturated carbocycles. The molecule has 1 aromatic carbocycles. The molecule has 1 saturated heterocycles. The summed E-state index contributed by atoms with van der Waals surface area (Å²) in [5, 5.41) is 6.12. The van der Waals surface area contributed by atoms with Crippen LogP contribution in [0.4, 0.5) is 23.0 Å². The fourth-order valence-corrected chi connectivity index (χ4v) is 3.87. The third kappa shape index (κ3) is 5.40. The minimum atomic E-state index is -0.287. The Hall–Kier alpha value is -3.79. The largest absolute Gasteiger partial charge is 0.378 e. The predicted molar refractivity (Wildman–Crippen MR) is 129 cm³/mol. The first-order valence-corrected chi connectivity index (χ1v) is 11.5. The van der Waals surface area contributed by atoms with E-state index in [0.717, 1.165) is 43.1 Å². The molecule has 10 nitrogen and oxygen atoms in total. The molecular weight excluding hydrogens is 434 g/mol. The van der Waals surface area contributed by atoms with Crippen molar-refractivity contribution in [3.8, 4) is 0 Å². The minimum Gasteiger partial charge on any atom is -0.378 e. The highest BCUT2D eigenvalue weighted by atomic mass is 16.5. The Morgan fingerprint density at radius 2 is 1.82 bits per heavy atom. The van der Waals surface area contributed by atoms with E-state index in [1.807, 2.05) is 25.1 Å². The second-order valence-corrected chi connectivity index (χ2v) is 8.56. The molecule has 34 heavy (non-hydrogen) atoms. The number of carbonyl (C=O) groups excluding carboxylic acids is 1. The number of ether oxygens (including phenoxy) is 1. The molecule has 0 bridgehead atoms. The van der Waals surface area contributed by atoms with Crippen LogP contribution in [0.5, 0.6) is 0 Å². The molecule has 176 valence electrons. The summed E-state index contributed by atoms with van der Waals surface area (Å²) in [6.07, 6.45) is 3.61. The van der Waals surface area contributed by atoms with Crippen LogP contribution < -0.4 is 21.1 Å². The summed E-state index contributed by atoms with van der Waals surface area (Å²) in [6.45, 7) is 4.77. The van der Waals surface area contributed by atoms with Crippen LogP contribution in [0.1, 0.15) is 30.3 Å². The number of aryl methyl sites for hydroxylation is 1. The van der Waals surface area contributed by atoms with Gasteiger partial charge in [-0.2, -0.15) is 0 Å². The zero-order chi connectivity index (χ0) is 23.5. The molecule has 1 aliphatic heterocycles. The van der Waals surface area contributed by atoms with Crippen molar-refractivity contribution >= 4 is 28.9 Å². The summed E-state index contributed by atoms with van der Waals surface area (Å²) in [5.41, 5.74) is 2.09. The monoisotopic (exact) mass is 461 g/mol. The maximum absolute atomic E-state index is 12.4. The highest BCUT2D eigenvalue weighted by Crippen LogP contribution is 2.38. The molecular formula is C24H27N7O3. The van der Waals surface area contributed by atoms with Gasteiger partial charge in [-0.1, -0.05) is 0 Å². The van der Waals surface area contributed by atoms with Crippen LogP contribution in [0.3, 0.4) is 0 Å². The molecule has 5 rings (SSSR count). The van der Waals surface area contributed by atoms with Crippen molar-refractivity contribution in [3.05, 3.63) is 64.6 Å². The van der Waals surface area contributed by atoms with Crippen LogP contribution >= 0.6 is 0 Å². The maximum atomic E-state index is 12.4. The number of morpholine rings is 1. The van der Waals surface area contributed by atoms with E-state index < -0.39 is 0 Å². The van der Waals surface area contributed by atoms with Crippen LogP contribution in [-0.4, -0.2) is 51.7 Å².